The van der Waals surface area contributed by atoms with E-state index in [0.717, 1.165) is 9.87 Å². The summed E-state index contributed by atoms with van der Waals surface area (Å²) in [6.45, 7) is 0. The van der Waals surface area contributed by atoms with E-state index in [1.165, 1.54) is 43.7 Å². The highest BCUT2D eigenvalue weighted by Gasteiger charge is 2.22. The van der Waals surface area contributed by atoms with Crippen LogP contribution in [-0.2, 0) is 10.0 Å². The Morgan fingerprint density at radius 1 is 0.917 bits per heavy atom. The molecule has 1 N–H and O–H groups in total. The molecule has 0 spiro atoms. The van der Waals surface area contributed by atoms with Gasteiger partial charge in [0.05, 0.1) is 18.1 Å². The smallest absolute Gasteiger partial charge is 0.267 e. The van der Waals surface area contributed by atoms with E-state index < -0.39 is 10.0 Å². The van der Waals surface area contributed by atoms with Gasteiger partial charge in [-0.2, -0.15) is 0 Å². The van der Waals surface area contributed by atoms with Gasteiger partial charge < -0.3 is 5.11 Å². The van der Waals surface area contributed by atoms with Gasteiger partial charge in [-0.3, -0.25) is 4.31 Å². The fraction of sp³-hybridized carbons (Fsp3) is 0.0588. The maximum Gasteiger partial charge on any atom is 0.267 e. The highest BCUT2D eigenvalue weighted by atomic mass is 32.2. The van der Waals surface area contributed by atoms with Crippen LogP contribution in [0, 0.1) is 0 Å². The van der Waals surface area contributed by atoms with Crippen LogP contribution in [0.25, 0.3) is 11.4 Å². The second-order valence-corrected chi connectivity index (χ2v) is 7.07. The zero-order chi connectivity index (χ0) is 17.2. The molecule has 2 aromatic carbocycles. The zero-order valence-corrected chi connectivity index (χ0v) is 13.7. The lowest BCUT2D eigenvalue weighted by Crippen LogP contribution is -2.26. The third kappa shape index (κ3) is 3.07. The molecule has 0 aliphatic heterocycles. The van der Waals surface area contributed by atoms with Crippen LogP contribution >= 0.6 is 0 Å². The molecule has 0 aliphatic carbocycles. The number of sulfonamides is 1. The van der Waals surface area contributed by atoms with E-state index in [4.69, 9.17) is 0 Å². The van der Waals surface area contributed by atoms with Crippen LogP contribution in [0.4, 0.5) is 5.69 Å². The van der Waals surface area contributed by atoms with Gasteiger partial charge in [-0.15, -0.1) is 0 Å². The molecule has 0 saturated carbocycles. The van der Waals surface area contributed by atoms with Crippen LogP contribution in [0.2, 0.25) is 0 Å². The van der Waals surface area contributed by atoms with Crippen molar-refractivity contribution < 1.29 is 13.5 Å². The molecule has 0 saturated heterocycles. The van der Waals surface area contributed by atoms with E-state index in [1.807, 2.05) is 30.3 Å². The summed E-state index contributed by atoms with van der Waals surface area (Å²) in [6, 6.07) is 15.2. The van der Waals surface area contributed by atoms with Crippen LogP contribution in [-0.4, -0.2) is 30.5 Å². The van der Waals surface area contributed by atoms with Crippen LogP contribution in [0.1, 0.15) is 0 Å². The zero-order valence-electron chi connectivity index (χ0n) is 12.9. The second-order valence-electron chi connectivity index (χ2n) is 5.10. The highest BCUT2D eigenvalue weighted by molar-refractivity contribution is 7.92. The first kappa shape index (κ1) is 15.9. The van der Waals surface area contributed by atoms with Crippen LogP contribution in [0.15, 0.2) is 71.9 Å². The van der Waals surface area contributed by atoms with Gasteiger partial charge in [-0.1, -0.05) is 30.3 Å². The predicted molar refractivity (Wildman–Crippen MR) is 91.2 cm³/mol. The Hall–Kier alpha value is -2.93. The van der Waals surface area contributed by atoms with Crippen molar-refractivity contribution in [1.82, 2.24) is 9.97 Å². The molecule has 6 nitrogen and oxygen atoms in total. The Balaban J connectivity index is 1.91. The predicted octanol–water partition coefficient (Wildman–Crippen LogP) is 2.67. The van der Waals surface area contributed by atoms with Crippen molar-refractivity contribution >= 4 is 15.7 Å². The molecular weight excluding hydrogens is 326 g/mol. The first-order valence-electron chi connectivity index (χ1n) is 7.14. The van der Waals surface area contributed by atoms with Gasteiger partial charge in [0.15, 0.2) is 5.82 Å². The Labute approximate surface area is 140 Å². The van der Waals surface area contributed by atoms with E-state index in [2.05, 4.69) is 9.97 Å². The summed E-state index contributed by atoms with van der Waals surface area (Å²) in [7, 11) is -2.34. The van der Waals surface area contributed by atoms with Crippen molar-refractivity contribution in [1.29, 1.82) is 0 Å². The minimum Gasteiger partial charge on any atom is -0.508 e. The molecule has 24 heavy (non-hydrogen) atoms. The minimum absolute atomic E-state index is 0.00208. The number of benzene rings is 2. The van der Waals surface area contributed by atoms with E-state index in [0.29, 0.717) is 11.5 Å². The fourth-order valence-electron chi connectivity index (χ4n) is 2.15. The van der Waals surface area contributed by atoms with Gasteiger partial charge in [0, 0.05) is 12.6 Å². The maximum atomic E-state index is 12.6. The third-order valence-corrected chi connectivity index (χ3v) is 5.27. The molecule has 0 aliphatic rings. The maximum absolute atomic E-state index is 12.6. The van der Waals surface area contributed by atoms with E-state index in [-0.39, 0.29) is 10.6 Å². The Morgan fingerprint density at radius 2 is 1.50 bits per heavy atom. The average molecular weight is 341 g/mol. The Morgan fingerprint density at radius 3 is 2.08 bits per heavy atom. The van der Waals surface area contributed by atoms with Crippen LogP contribution < -0.4 is 4.31 Å². The molecule has 3 rings (SSSR count). The van der Waals surface area contributed by atoms with Gasteiger partial charge in [0.1, 0.15) is 10.6 Å². The number of aromatic nitrogens is 2. The van der Waals surface area contributed by atoms with Crippen molar-refractivity contribution in [3.05, 3.63) is 67.0 Å². The molecule has 122 valence electrons. The van der Waals surface area contributed by atoms with E-state index >= 15 is 0 Å². The molecule has 0 amide bonds. The minimum atomic E-state index is -3.78. The normalized spacial score (nSPS) is 11.2. The van der Waals surface area contributed by atoms with Crippen LogP contribution in [0.3, 0.4) is 0 Å². The average Bonchev–Trinajstić information content (AvgIpc) is 2.62. The van der Waals surface area contributed by atoms with Gasteiger partial charge in [-0.05, 0) is 24.3 Å². The number of phenolic OH excluding ortho intramolecular Hbond substituents is 1. The third-order valence-electron chi connectivity index (χ3n) is 3.53. The summed E-state index contributed by atoms with van der Waals surface area (Å²) in [4.78, 5) is 8.29. The standard InChI is InChI=1S/C17H15N3O3S/c1-20(14-7-9-15(21)10-8-14)24(22,23)16-11-18-17(19-12-16)13-5-3-2-4-6-13/h2-12,21H,1H3. The summed E-state index contributed by atoms with van der Waals surface area (Å²) in [6.07, 6.45) is 2.59. The van der Waals surface area contributed by atoms with E-state index in [1.54, 1.807) is 0 Å². The Kier molecular flexibility index (Phi) is 4.18. The molecule has 0 unspecified atom stereocenters. The SMILES string of the molecule is CN(c1ccc(O)cc1)S(=O)(=O)c1cnc(-c2ccccc2)nc1. The largest absolute Gasteiger partial charge is 0.508 e. The Bertz CT molecular complexity index is 925. The lowest BCUT2D eigenvalue weighted by Gasteiger charge is -2.19. The number of hydrogen-bond donors (Lipinski definition) is 1. The van der Waals surface area contributed by atoms with E-state index in [9.17, 15) is 13.5 Å². The summed E-state index contributed by atoms with van der Waals surface area (Å²) in [5.74, 6) is 0.530. The van der Waals surface area contributed by atoms with Crippen molar-refractivity contribution in [3.8, 4) is 17.1 Å². The summed E-state index contributed by atoms with van der Waals surface area (Å²) in [5.41, 5.74) is 1.24. The molecule has 0 atom stereocenters. The van der Waals surface area contributed by atoms with Gasteiger partial charge in [-0.25, -0.2) is 18.4 Å². The number of rotatable bonds is 4. The lowest BCUT2D eigenvalue weighted by molar-refractivity contribution is 0.475. The fourth-order valence-corrected chi connectivity index (χ4v) is 3.23. The number of anilines is 1. The quantitative estimate of drug-likeness (QED) is 0.789. The lowest BCUT2D eigenvalue weighted by atomic mass is 10.2. The van der Waals surface area contributed by atoms with Gasteiger partial charge >= 0.3 is 0 Å². The molecule has 0 fully saturated rings. The highest BCUT2D eigenvalue weighted by Crippen LogP contribution is 2.24. The number of aromatic hydroxyl groups is 1. The molecule has 1 aromatic heterocycles. The molecule has 0 radical (unpaired) electrons. The first-order valence-corrected chi connectivity index (χ1v) is 8.58. The molecular formula is C17H15N3O3S. The number of nitrogens with zero attached hydrogens (tertiary/aromatic N) is 3. The first-order chi connectivity index (χ1) is 11.5. The summed E-state index contributed by atoms with van der Waals surface area (Å²) < 4.78 is 26.4. The molecule has 3 aromatic rings. The molecule has 7 heteroatoms. The monoisotopic (exact) mass is 341 g/mol. The molecule has 0 bridgehead atoms. The number of phenols is 1. The van der Waals surface area contributed by atoms with Crippen LogP contribution in [0.5, 0.6) is 5.75 Å². The van der Waals surface area contributed by atoms with Crippen molar-refractivity contribution in [2.45, 2.75) is 4.90 Å². The van der Waals surface area contributed by atoms with Crippen molar-refractivity contribution in [3.63, 3.8) is 0 Å². The summed E-state index contributed by atoms with van der Waals surface area (Å²) in [5, 5.41) is 9.31. The topological polar surface area (TPSA) is 83.4 Å². The van der Waals surface area contributed by atoms with Gasteiger partial charge in [0.2, 0.25) is 0 Å². The second kappa shape index (κ2) is 6.29. The molecule has 1 heterocycles. The summed E-state index contributed by atoms with van der Waals surface area (Å²) >= 11 is 0. The van der Waals surface area contributed by atoms with Gasteiger partial charge in [0.25, 0.3) is 10.0 Å². The van der Waals surface area contributed by atoms with Crippen molar-refractivity contribution in [2.24, 2.45) is 0 Å². The van der Waals surface area contributed by atoms with Crippen molar-refractivity contribution in [2.75, 3.05) is 11.4 Å². The number of hydrogen-bond acceptors (Lipinski definition) is 5.